The van der Waals surface area contributed by atoms with Crippen LogP contribution in [-0.4, -0.2) is 44.3 Å². The summed E-state index contributed by atoms with van der Waals surface area (Å²) in [6.45, 7) is 4.79. The lowest BCUT2D eigenvalue weighted by molar-refractivity contribution is -0.126. The van der Waals surface area contributed by atoms with Crippen LogP contribution in [0.15, 0.2) is 29.2 Å². The van der Waals surface area contributed by atoms with E-state index in [2.05, 4.69) is 5.32 Å². The van der Waals surface area contributed by atoms with Crippen molar-refractivity contribution in [2.24, 2.45) is 11.7 Å². The van der Waals surface area contributed by atoms with Crippen LogP contribution in [0.3, 0.4) is 0 Å². The standard InChI is InChI=1S/C16H25N3O3S.ClH/c1-12-5-7-15(8-6-12)23(21,22)19-9-3-4-14(11-19)16(20)18-13(2)10-17;/h5-8,13-14H,3-4,9-11,17H2,1-2H3,(H,18,20);1H/t13-,14?;/m0./s1. The van der Waals surface area contributed by atoms with Gasteiger partial charge in [0, 0.05) is 25.7 Å². The summed E-state index contributed by atoms with van der Waals surface area (Å²) in [6, 6.07) is 6.69. The fraction of sp³-hybridized carbons (Fsp3) is 0.562. The summed E-state index contributed by atoms with van der Waals surface area (Å²) in [6.07, 6.45) is 1.38. The Bertz CT molecular complexity index is 649. The topological polar surface area (TPSA) is 92.5 Å². The van der Waals surface area contributed by atoms with E-state index in [1.165, 1.54) is 4.31 Å². The number of rotatable bonds is 5. The Hall–Kier alpha value is -1.15. The highest BCUT2D eigenvalue weighted by Crippen LogP contribution is 2.24. The van der Waals surface area contributed by atoms with Crippen molar-refractivity contribution in [1.82, 2.24) is 9.62 Å². The van der Waals surface area contributed by atoms with Crippen LogP contribution in [-0.2, 0) is 14.8 Å². The van der Waals surface area contributed by atoms with Crippen LogP contribution < -0.4 is 11.1 Å². The highest BCUT2D eigenvalue weighted by atomic mass is 35.5. The fourth-order valence-electron chi connectivity index (χ4n) is 2.65. The first-order chi connectivity index (χ1) is 10.8. The van der Waals surface area contributed by atoms with Crippen molar-refractivity contribution >= 4 is 28.3 Å². The maximum atomic E-state index is 12.7. The van der Waals surface area contributed by atoms with Gasteiger partial charge in [-0.1, -0.05) is 17.7 Å². The SMILES string of the molecule is Cc1ccc(S(=O)(=O)N2CCCC(C(=O)N[C@@H](C)CN)C2)cc1.Cl. The van der Waals surface area contributed by atoms with Gasteiger partial charge in [-0.25, -0.2) is 8.42 Å². The quantitative estimate of drug-likeness (QED) is 0.810. The molecule has 0 spiro atoms. The highest BCUT2D eigenvalue weighted by molar-refractivity contribution is 7.89. The van der Waals surface area contributed by atoms with E-state index in [1.807, 2.05) is 13.8 Å². The molecule has 1 aromatic rings. The molecule has 1 amide bonds. The molecule has 6 nitrogen and oxygen atoms in total. The van der Waals surface area contributed by atoms with Crippen molar-refractivity contribution in [3.8, 4) is 0 Å². The minimum atomic E-state index is -3.55. The molecule has 1 fully saturated rings. The van der Waals surface area contributed by atoms with Crippen LogP contribution in [0.25, 0.3) is 0 Å². The molecule has 8 heteroatoms. The lowest BCUT2D eigenvalue weighted by atomic mass is 9.98. The Kier molecular flexibility index (Phi) is 7.66. The average Bonchev–Trinajstić information content (AvgIpc) is 2.55. The molecule has 1 aromatic carbocycles. The molecular weight excluding hydrogens is 350 g/mol. The normalized spacial score (nSPS) is 20.0. The molecular formula is C16H26ClN3O3S. The van der Waals surface area contributed by atoms with Gasteiger partial charge < -0.3 is 11.1 Å². The minimum Gasteiger partial charge on any atom is -0.352 e. The average molecular weight is 376 g/mol. The first-order valence-corrected chi connectivity index (χ1v) is 9.36. The van der Waals surface area contributed by atoms with Gasteiger partial charge in [0.05, 0.1) is 10.8 Å². The number of nitrogens with zero attached hydrogens (tertiary/aromatic N) is 1. The lowest BCUT2D eigenvalue weighted by Gasteiger charge is -2.31. The summed E-state index contributed by atoms with van der Waals surface area (Å²) >= 11 is 0. The summed E-state index contributed by atoms with van der Waals surface area (Å²) < 4.78 is 26.9. The van der Waals surface area contributed by atoms with E-state index in [0.29, 0.717) is 25.9 Å². The summed E-state index contributed by atoms with van der Waals surface area (Å²) in [7, 11) is -3.55. The van der Waals surface area contributed by atoms with Crippen molar-refractivity contribution in [1.29, 1.82) is 0 Å². The lowest BCUT2D eigenvalue weighted by Crippen LogP contribution is -2.48. The third kappa shape index (κ3) is 4.92. The number of sulfonamides is 1. The number of carbonyl (C=O) groups is 1. The summed E-state index contributed by atoms with van der Waals surface area (Å²) in [5.74, 6) is -0.440. The summed E-state index contributed by atoms with van der Waals surface area (Å²) in [5.41, 5.74) is 6.52. The first-order valence-electron chi connectivity index (χ1n) is 7.92. The number of nitrogens with two attached hydrogens (primary N) is 1. The second-order valence-electron chi connectivity index (χ2n) is 6.16. The van der Waals surface area contributed by atoms with Crippen LogP contribution >= 0.6 is 12.4 Å². The predicted octanol–water partition coefficient (Wildman–Crippen LogP) is 1.28. The van der Waals surface area contributed by atoms with E-state index >= 15 is 0 Å². The maximum Gasteiger partial charge on any atom is 0.243 e. The molecule has 1 aliphatic rings. The Balaban J connectivity index is 0.00000288. The molecule has 0 saturated carbocycles. The Morgan fingerprint density at radius 2 is 2.00 bits per heavy atom. The molecule has 0 aliphatic carbocycles. The van der Waals surface area contributed by atoms with Gasteiger partial charge in [0.2, 0.25) is 15.9 Å². The van der Waals surface area contributed by atoms with Crippen molar-refractivity contribution in [3.63, 3.8) is 0 Å². The second kappa shape index (κ2) is 8.80. The number of benzene rings is 1. The first kappa shape index (κ1) is 20.9. The van der Waals surface area contributed by atoms with Crippen molar-refractivity contribution in [2.75, 3.05) is 19.6 Å². The molecule has 1 aliphatic heterocycles. The maximum absolute atomic E-state index is 12.7. The third-order valence-electron chi connectivity index (χ3n) is 4.16. The van der Waals surface area contributed by atoms with Gasteiger partial charge in [-0.3, -0.25) is 4.79 Å². The second-order valence-corrected chi connectivity index (χ2v) is 8.10. The number of hydrogen-bond acceptors (Lipinski definition) is 4. The molecule has 136 valence electrons. The minimum absolute atomic E-state index is 0. The van der Waals surface area contributed by atoms with Crippen LogP contribution in [0.5, 0.6) is 0 Å². The number of carbonyl (C=O) groups excluding carboxylic acids is 1. The van der Waals surface area contributed by atoms with Crippen LogP contribution in [0, 0.1) is 12.8 Å². The van der Waals surface area contributed by atoms with Gasteiger partial charge in [-0.15, -0.1) is 12.4 Å². The van der Waals surface area contributed by atoms with E-state index in [1.54, 1.807) is 24.3 Å². The molecule has 0 radical (unpaired) electrons. The zero-order valence-corrected chi connectivity index (χ0v) is 15.7. The number of hydrogen-bond donors (Lipinski definition) is 2. The molecule has 0 bridgehead atoms. The van der Waals surface area contributed by atoms with Gasteiger partial charge >= 0.3 is 0 Å². The van der Waals surface area contributed by atoms with Crippen molar-refractivity contribution < 1.29 is 13.2 Å². The van der Waals surface area contributed by atoms with E-state index in [0.717, 1.165) is 5.56 Å². The Labute approximate surface area is 150 Å². The largest absolute Gasteiger partial charge is 0.352 e. The molecule has 2 rings (SSSR count). The van der Waals surface area contributed by atoms with E-state index < -0.39 is 10.0 Å². The number of piperidine rings is 1. The highest BCUT2D eigenvalue weighted by Gasteiger charge is 2.33. The zero-order valence-electron chi connectivity index (χ0n) is 14.1. The number of aryl methyl sites for hydroxylation is 1. The number of halogens is 1. The molecule has 2 atom stereocenters. The van der Waals surface area contributed by atoms with Crippen LogP contribution in [0.2, 0.25) is 0 Å². The Morgan fingerprint density at radius 1 is 1.38 bits per heavy atom. The monoisotopic (exact) mass is 375 g/mol. The third-order valence-corrected chi connectivity index (χ3v) is 6.04. The summed E-state index contributed by atoms with van der Waals surface area (Å²) in [5, 5.41) is 2.83. The molecule has 24 heavy (non-hydrogen) atoms. The molecule has 3 N–H and O–H groups in total. The number of nitrogens with one attached hydrogen (secondary N) is 1. The van der Waals surface area contributed by atoms with Crippen molar-refractivity contribution in [2.45, 2.75) is 37.6 Å². The molecule has 1 unspecified atom stereocenters. The van der Waals surface area contributed by atoms with E-state index in [4.69, 9.17) is 5.73 Å². The fourth-order valence-corrected chi connectivity index (χ4v) is 4.18. The Morgan fingerprint density at radius 3 is 2.58 bits per heavy atom. The number of amides is 1. The summed E-state index contributed by atoms with van der Waals surface area (Å²) in [4.78, 5) is 12.5. The van der Waals surface area contributed by atoms with Gasteiger partial charge in [-0.05, 0) is 38.8 Å². The van der Waals surface area contributed by atoms with Gasteiger partial charge in [0.1, 0.15) is 0 Å². The van der Waals surface area contributed by atoms with Crippen molar-refractivity contribution in [3.05, 3.63) is 29.8 Å². The predicted molar refractivity (Wildman–Crippen MR) is 96.6 cm³/mol. The van der Waals surface area contributed by atoms with Crippen LogP contribution in [0.1, 0.15) is 25.3 Å². The van der Waals surface area contributed by atoms with E-state index in [-0.39, 0.29) is 41.7 Å². The van der Waals surface area contributed by atoms with Gasteiger partial charge in [-0.2, -0.15) is 4.31 Å². The molecule has 0 aromatic heterocycles. The smallest absolute Gasteiger partial charge is 0.243 e. The van der Waals surface area contributed by atoms with E-state index in [9.17, 15) is 13.2 Å². The molecule has 1 saturated heterocycles. The van der Waals surface area contributed by atoms with Gasteiger partial charge in [0.15, 0.2) is 0 Å². The molecule has 1 heterocycles. The zero-order chi connectivity index (χ0) is 17.0. The van der Waals surface area contributed by atoms with Crippen LogP contribution in [0.4, 0.5) is 0 Å². The van der Waals surface area contributed by atoms with Gasteiger partial charge in [0.25, 0.3) is 0 Å².